The molecule has 102 valence electrons. The van der Waals surface area contributed by atoms with Crippen molar-refractivity contribution in [1.29, 1.82) is 0 Å². The highest BCUT2D eigenvalue weighted by Crippen LogP contribution is 2.15. The summed E-state index contributed by atoms with van der Waals surface area (Å²) in [6.07, 6.45) is 0.229. The molecule has 4 heteroatoms. The summed E-state index contributed by atoms with van der Waals surface area (Å²) >= 11 is 0. The van der Waals surface area contributed by atoms with E-state index < -0.39 is 24.1 Å². The predicted octanol–water partition coefficient (Wildman–Crippen LogP) is 2.78. The number of carbonyl (C=O) groups excluding carboxylic acids is 2. The van der Waals surface area contributed by atoms with Crippen LogP contribution in [0.25, 0.3) is 0 Å². The third-order valence-corrected chi connectivity index (χ3v) is 2.43. The van der Waals surface area contributed by atoms with Gasteiger partial charge < -0.3 is 9.47 Å². The Hall–Kier alpha value is -1.58. The van der Waals surface area contributed by atoms with Gasteiger partial charge in [-0.3, -0.25) is 0 Å². The highest BCUT2D eigenvalue weighted by Gasteiger charge is 2.26. The maximum absolute atomic E-state index is 11.5. The Balaban J connectivity index is 4.67. The summed E-state index contributed by atoms with van der Waals surface area (Å²) in [5, 5.41) is 0. The van der Waals surface area contributed by atoms with Crippen LogP contribution in [0.4, 0.5) is 0 Å². The molecule has 0 N–H and O–H groups in total. The molecule has 0 fully saturated rings. The first-order chi connectivity index (χ1) is 8.33. The van der Waals surface area contributed by atoms with E-state index >= 15 is 0 Å². The van der Waals surface area contributed by atoms with Crippen LogP contribution in [0.3, 0.4) is 0 Å². The molecule has 0 spiro atoms. The van der Waals surface area contributed by atoms with E-state index in [-0.39, 0.29) is 0 Å². The zero-order valence-electron chi connectivity index (χ0n) is 11.6. The number of carbonyl (C=O) groups is 2. The van der Waals surface area contributed by atoms with Crippen molar-refractivity contribution in [2.24, 2.45) is 0 Å². The van der Waals surface area contributed by atoms with Gasteiger partial charge in [-0.2, -0.15) is 0 Å². The van der Waals surface area contributed by atoms with E-state index in [0.717, 1.165) is 0 Å². The third-order valence-electron chi connectivity index (χ3n) is 2.43. The lowest BCUT2D eigenvalue weighted by Gasteiger charge is -2.25. The summed E-state index contributed by atoms with van der Waals surface area (Å²) in [6, 6.07) is 0. The van der Waals surface area contributed by atoms with Crippen molar-refractivity contribution >= 4 is 11.9 Å². The Kier molecular flexibility index (Phi) is 7.01. The maximum atomic E-state index is 11.5. The van der Waals surface area contributed by atoms with E-state index in [9.17, 15) is 9.59 Å². The molecule has 0 saturated carbocycles. The quantitative estimate of drug-likeness (QED) is 0.518. The fourth-order valence-electron chi connectivity index (χ4n) is 1.32. The number of ether oxygens (including phenoxy) is 2. The van der Waals surface area contributed by atoms with Crippen LogP contribution in [0, 0.1) is 0 Å². The van der Waals surface area contributed by atoms with Gasteiger partial charge in [0.25, 0.3) is 0 Å². The molecule has 0 aromatic carbocycles. The molecule has 0 aliphatic heterocycles. The van der Waals surface area contributed by atoms with Gasteiger partial charge in [-0.05, 0) is 26.7 Å². The molecule has 2 unspecified atom stereocenters. The summed E-state index contributed by atoms with van der Waals surface area (Å²) in [7, 11) is 0. The molecule has 0 rings (SSSR count). The van der Waals surface area contributed by atoms with Crippen LogP contribution >= 0.6 is 0 Å². The van der Waals surface area contributed by atoms with Crippen LogP contribution < -0.4 is 0 Å². The third kappa shape index (κ3) is 5.17. The topological polar surface area (TPSA) is 52.6 Å². The summed E-state index contributed by atoms with van der Waals surface area (Å²) in [4.78, 5) is 22.9. The largest absolute Gasteiger partial charge is 0.455 e. The molecule has 0 aliphatic rings. The van der Waals surface area contributed by atoms with Gasteiger partial charge in [0.2, 0.25) is 0 Å². The normalized spacial score (nSPS) is 13.3. The predicted molar refractivity (Wildman–Crippen MR) is 70.0 cm³/mol. The van der Waals surface area contributed by atoms with Crippen LogP contribution in [0.5, 0.6) is 0 Å². The van der Waals surface area contributed by atoms with Gasteiger partial charge in [0.05, 0.1) is 0 Å². The van der Waals surface area contributed by atoms with E-state index in [0.29, 0.717) is 24.0 Å². The molecular formula is C14H22O4. The number of rotatable bonds is 7. The molecule has 0 aromatic heterocycles. The summed E-state index contributed by atoms with van der Waals surface area (Å²) < 4.78 is 10.5. The van der Waals surface area contributed by atoms with Crippen molar-refractivity contribution in [2.45, 2.75) is 52.7 Å². The summed E-state index contributed by atoms with van der Waals surface area (Å²) in [5.41, 5.74) is 0.657. The van der Waals surface area contributed by atoms with Crippen molar-refractivity contribution in [3.05, 3.63) is 24.3 Å². The van der Waals surface area contributed by atoms with Gasteiger partial charge in [-0.1, -0.05) is 27.0 Å². The van der Waals surface area contributed by atoms with Gasteiger partial charge in [0, 0.05) is 11.1 Å². The van der Waals surface area contributed by atoms with E-state index in [2.05, 4.69) is 13.2 Å². The van der Waals surface area contributed by atoms with E-state index in [4.69, 9.17) is 9.47 Å². The molecule has 0 amide bonds. The summed E-state index contributed by atoms with van der Waals surface area (Å²) in [5.74, 6) is -0.932. The van der Waals surface area contributed by atoms with Gasteiger partial charge in [-0.25, -0.2) is 9.59 Å². The molecule has 0 aliphatic carbocycles. The van der Waals surface area contributed by atoms with Gasteiger partial charge in [-0.15, -0.1) is 0 Å². The van der Waals surface area contributed by atoms with Gasteiger partial charge in [0.15, 0.2) is 0 Å². The first-order valence-corrected chi connectivity index (χ1v) is 6.06. The smallest absolute Gasteiger partial charge is 0.333 e. The maximum Gasteiger partial charge on any atom is 0.333 e. The zero-order chi connectivity index (χ0) is 14.3. The van der Waals surface area contributed by atoms with Crippen molar-refractivity contribution < 1.29 is 19.1 Å². The molecule has 0 bridgehead atoms. The van der Waals surface area contributed by atoms with Crippen molar-refractivity contribution in [1.82, 2.24) is 0 Å². The van der Waals surface area contributed by atoms with Crippen LogP contribution in [-0.4, -0.2) is 24.1 Å². The fourth-order valence-corrected chi connectivity index (χ4v) is 1.32. The Morgan fingerprint density at radius 1 is 0.889 bits per heavy atom. The number of hydrogen-bond donors (Lipinski definition) is 0. The minimum absolute atomic E-state index is 0.328. The molecule has 0 radical (unpaired) electrons. The second-order valence-electron chi connectivity index (χ2n) is 4.26. The first kappa shape index (κ1) is 16.4. The molecule has 0 aromatic rings. The second-order valence-corrected chi connectivity index (χ2v) is 4.26. The van der Waals surface area contributed by atoms with Crippen LogP contribution in [0.2, 0.25) is 0 Å². The van der Waals surface area contributed by atoms with Crippen LogP contribution in [0.1, 0.15) is 40.5 Å². The van der Waals surface area contributed by atoms with Crippen LogP contribution in [-0.2, 0) is 19.1 Å². The fraction of sp³-hybridized carbons (Fsp3) is 0.571. The molecule has 4 nitrogen and oxygen atoms in total. The zero-order valence-corrected chi connectivity index (χ0v) is 11.6. The Labute approximate surface area is 109 Å². The SMILES string of the molecule is C=C(C)C(=O)OC(CC)C(CC)OC(=O)C(=C)C. The lowest BCUT2D eigenvalue weighted by molar-refractivity contribution is -0.163. The van der Waals surface area contributed by atoms with E-state index in [1.54, 1.807) is 13.8 Å². The molecule has 0 heterocycles. The van der Waals surface area contributed by atoms with E-state index in [1.807, 2.05) is 13.8 Å². The van der Waals surface area contributed by atoms with E-state index in [1.165, 1.54) is 0 Å². The van der Waals surface area contributed by atoms with Crippen LogP contribution in [0.15, 0.2) is 24.3 Å². The van der Waals surface area contributed by atoms with Crippen molar-refractivity contribution in [2.75, 3.05) is 0 Å². The van der Waals surface area contributed by atoms with Crippen molar-refractivity contribution in [3.63, 3.8) is 0 Å². The van der Waals surface area contributed by atoms with Gasteiger partial charge in [0.1, 0.15) is 12.2 Å². The van der Waals surface area contributed by atoms with Gasteiger partial charge >= 0.3 is 11.9 Å². The second kappa shape index (κ2) is 7.69. The highest BCUT2D eigenvalue weighted by molar-refractivity contribution is 5.88. The minimum Gasteiger partial charge on any atom is -0.455 e. The molecular weight excluding hydrogens is 232 g/mol. The number of esters is 2. The first-order valence-electron chi connectivity index (χ1n) is 6.06. The lowest BCUT2D eigenvalue weighted by atomic mass is 10.1. The standard InChI is InChI=1S/C14H22O4/c1-7-11(17-13(15)9(3)4)12(8-2)18-14(16)10(5)6/h11-12H,3,5,7-8H2,1-2,4,6H3. The average Bonchev–Trinajstić information content (AvgIpc) is 2.32. The average molecular weight is 254 g/mol. The molecule has 18 heavy (non-hydrogen) atoms. The Morgan fingerprint density at radius 3 is 1.33 bits per heavy atom. The molecule has 2 atom stereocenters. The molecule has 0 saturated heterocycles. The number of hydrogen-bond acceptors (Lipinski definition) is 4. The Bertz CT molecular complexity index is 310. The summed E-state index contributed by atoms with van der Waals surface area (Å²) in [6.45, 7) is 13.9. The highest BCUT2D eigenvalue weighted by atomic mass is 16.6. The monoisotopic (exact) mass is 254 g/mol. The lowest BCUT2D eigenvalue weighted by Crippen LogP contribution is -2.34. The Morgan fingerprint density at radius 2 is 1.17 bits per heavy atom. The minimum atomic E-state index is -0.466. The van der Waals surface area contributed by atoms with Crippen molar-refractivity contribution in [3.8, 4) is 0 Å².